The molecular weight excluding hydrogens is 374 g/mol. The second kappa shape index (κ2) is 9.69. The molecule has 0 spiro atoms. The molecule has 1 aliphatic rings. The Morgan fingerprint density at radius 1 is 0.900 bits per heavy atom. The Morgan fingerprint density at radius 3 is 2.23 bits per heavy atom. The summed E-state index contributed by atoms with van der Waals surface area (Å²) in [6, 6.07) is 20.3. The number of para-hydroxylation sites is 1. The lowest BCUT2D eigenvalue weighted by molar-refractivity contribution is -0.119. The fourth-order valence-electron chi connectivity index (χ4n) is 3.81. The highest BCUT2D eigenvalue weighted by molar-refractivity contribution is 5.94. The lowest BCUT2D eigenvalue weighted by atomic mass is 10.2. The van der Waals surface area contributed by atoms with E-state index in [1.807, 2.05) is 49.6 Å². The first-order chi connectivity index (χ1) is 14.7. The summed E-state index contributed by atoms with van der Waals surface area (Å²) in [6.07, 6.45) is 3.93. The number of nitrogens with zero attached hydrogens (tertiary/aromatic N) is 5. The fraction of sp³-hybridized carbons (Fsp3) is 0.333. The molecule has 30 heavy (non-hydrogen) atoms. The number of hydrogen-bond donors (Lipinski definition) is 0. The van der Waals surface area contributed by atoms with Gasteiger partial charge in [-0.1, -0.05) is 48.5 Å². The first kappa shape index (κ1) is 20.3. The molecule has 3 aromatic rings. The van der Waals surface area contributed by atoms with Gasteiger partial charge in [-0.2, -0.15) is 0 Å². The number of carbonyl (C=O) groups excluding carboxylic acids is 1. The standard InChI is InChI=1S/C24H29N5O/c1-26(22-10-6-3-7-11-22)24(30)20-28-16-14-27(15-17-28)19-23-25-12-13-29(23)18-21-8-4-2-5-9-21/h2-13H,14-20H2,1H3. The summed E-state index contributed by atoms with van der Waals surface area (Å²) in [4.78, 5) is 23.6. The number of carbonyl (C=O) groups is 1. The van der Waals surface area contributed by atoms with Crippen LogP contribution in [0.3, 0.4) is 0 Å². The normalized spacial score (nSPS) is 15.2. The van der Waals surface area contributed by atoms with E-state index < -0.39 is 0 Å². The predicted octanol–water partition coefficient (Wildman–Crippen LogP) is 2.71. The third-order valence-corrected chi connectivity index (χ3v) is 5.70. The topological polar surface area (TPSA) is 44.6 Å². The van der Waals surface area contributed by atoms with Crippen LogP contribution < -0.4 is 4.90 Å². The molecule has 0 N–H and O–H groups in total. The quantitative estimate of drug-likeness (QED) is 0.609. The van der Waals surface area contributed by atoms with Crippen LogP contribution >= 0.6 is 0 Å². The van der Waals surface area contributed by atoms with Crippen molar-refractivity contribution in [3.05, 3.63) is 84.4 Å². The molecule has 6 nitrogen and oxygen atoms in total. The molecule has 156 valence electrons. The Bertz CT molecular complexity index is 932. The zero-order valence-corrected chi connectivity index (χ0v) is 17.5. The third kappa shape index (κ3) is 5.14. The van der Waals surface area contributed by atoms with Gasteiger partial charge in [0.25, 0.3) is 0 Å². The Kier molecular flexibility index (Phi) is 6.57. The summed E-state index contributed by atoms with van der Waals surface area (Å²) in [6.45, 7) is 5.83. The van der Waals surface area contributed by atoms with Gasteiger partial charge in [0, 0.05) is 57.9 Å². The van der Waals surface area contributed by atoms with E-state index in [0.717, 1.165) is 50.8 Å². The molecule has 4 rings (SSSR count). The van der Waals surface area contributed by atoms with Crippen LogP contribution in [0, 0.1) is 0 Å². The number of anilines is 1. The minimum atomic E-state index is 0.132. The average molecular weight is 404 g/mol. The van der Waals surface area contributed by atoms with E-state index in [1.54, 1.807) is 4.90 Å². The summed E-state index contributed by atoms with van der Waals surface area (Å²) in [5.41, 5.74) is 2.22. The lowest BCUT2D eigenvalue weighted by Crippen LogP contribution is -2.49. The highest BCUT2D eigenvalue weighted by atomic mass is 16.2. The highest BCUT2D eigenvalue weighted by Crippen LogP contribution is 2.13. The molecule has 0 radical (unpaired) electrons. The number of rotatable bonds is 7. The Labute approximate surface area is 178 Å². The maximum Gasteiger partial charge on any atom is 0.240 e. The Morgan fingerprint density at radius 2 is 1.53 bits per heavy atom. The van der Waals surface area contributed by atoms with Gasteiger partial charge in [0.1, 0.15) is 5.82 Å². The molecule has 0 bridgehead atoms. The SMILES string of the molecule is CN(C(=O)CN1CCN(Cc2nccn2Cc2ccccc2)CC1)c1ccccc1. The van der Waals surface area contributed by atoms with Gasteiger partial charge in [0.15, 0.2) is 0 Å². The lowest BCUT2D eigenvalue weighted by Gasteiger charge is -2.34. The Balaban J connectivity index is 1.26. The number of likely N-dealkylation sites (N-methyl/N-ethyl adjacent to an activating group) is 1. The van der Waals surface area contributed by atoms with E-state index in [2.05, 4.69) is 49.8 Å². The van der Waals surface area contributed by atoms with Crippen molar-refractivity contribution in [2.24, 2.45) is 0 Å². The van der Waals surface area contributed by atoms with Gasteiger partial charge in [-0.25, -0.2) is 4.98 Å². The number of piperazine rings is 1. The number of hydrogen-bond acceptors (Lipinski definition) is 4. The molecule has 2 heterocycles. The first-order valence-electron chi connectivity index (χ1n) is 10.5. The van der Waals surface area contributed by atoms with E-state index in [4.69, 9.17) is 0 Å². The van der Waals surface area contributed by atoms with Gasteiger partial charge in [-0.3, -0.25) is 14.6 Å². The summed E-state index contributed by atoms with van der Waals surface area (Å²) >= 11 is 0. The van der Waals surface area contributed by atoms with E-state index in [9.17, 15) is 4.79 Å². The number of aromatic nitrogens is 2. The van der Waals surface area contributed by atoms with Crippen LogP contribution in [0.2, 0.25) is 0 Å². The molecule has 1 saturated heterocycles. The second-order valence-electron chi connectivity index (χ2n) is 7.80. The van der Waals surface area contributed by atoms with Crippen LogP contribution in [-0.2, 0) is 17.9 Å². The number of benzene rings is 2. The van der Waals surface area contributed by atoms with Crippen LogP contribution in [0.1, 0.15) is 11.4 Å². The minimum Gasteiger partial charge on any atom is -0.329 e. The van der Waals surface area contributed by atoms with Gasteiger partial charge < -0.3 is 9.47 Å². The molecule has 0 atom stereocenters. The van der Waals surface area contributed by atoms with Crippen LogP contribution in [0.25, 0.3) is 0 Å². The monoisotopic (exact) mass is 403 g/mol. The highest BCUT2D eigenvalue weighted by Gasteiger charge is 2.22. The second-order valence-corrected chi connectivity index (χ2v) is 7.80. The molecular formula is C24H29N5O. The van der Waals surface area contributed by atoms with Crippen molar-refractivity contribution in [2.75, 3.05) is 44.7 Å². The molecule has 0 saturated carbocycles. The van der Waals surface area contributed by atoms with Crippen molar-refractivity contribution < 1.29 is 4.79 Å². The summed E-state index contributed by atoms with van der Waals surface area (Å²) in [7, 11) is 1.85. The van der Waals surface area contributed by atoms with Crippen LogP contribution in [0.4, 0.5) is 5.69 Å². The number of amides is 1. The zero-order valence-electron chi connectivity index (χ0n) is 17.5. The van der Waals surface area contributed by atoms with Crippen LogP contribution in [-0.4, -0.2) is 65.0 Å². The van der Waals surface area contributed by atoms with Crippen molar-refractivity contribution in [3.63, 3.8) is 0 Å². The number of imidazole rings is 1. The largest absolute Gasteiger partial charge is 0.329 e. The van der Waals surface area contributed by atoms with Crippen molar-refractivity contribution in [1.29, 1.82) is 0 Å². The smallest absolute Gasteiger partial charge is 0.240 e. The van der Waals surface area contributed by atoms with E-state index in [-0.39, 0.29) is 5.91 Å². The summed E-state index contributed by atoms with van der Waals surface area (Å²) in [5, 5.41) is 0. The van der Waals surface area contributed by atoms with Crippen molar-refractivity contribution in [1.82, 2.24) is 19.4 Å². The zero-order chi connectivity index (χ0) is 20.8. The molecule has 1 fully saturated rings. The molecule has 1 aromatic heterocycles. The third-order valence-electron chi connectivity index (χ3n) is 5.70. The van der Waals surface area contributed by atoms with Crippen molar-refractivity contribution >= 4 is 11.6 Å². The van der Waals surface area contributed by atoms with E-state index in [1.165, 1.54) is 5.56 Å². The molecule has 6 heteroatoms. The van der Waals surface area contributed by atoms with Gasteiger partial charge >= 0.3 is 0 Å². The predicted molar refractivity (Wildman–Crippen MR) is 119 cm³/mol. The van der Waals surface area contributed by atoms with E-state index in [0.29, 0.717) is 6.54 Å². The van der Waals surface area contributed by atoms with Gasteiger partial charge in [0.05, 0.1) is 13.1 Å². The molecule has 0 unspecified atom stereocenters. The van der Waals surface area contributed by atoms with Crippen molar-refractivity contribution in [2.45, 2.75) is 13.1 Å². The summed E-state index contributed by atoms with van der Waals surface area (Å²) < 4.78 is 2.22. The van der Waals surface area contributed by atoms with Crippen LogP contribution in [0.15, 0.2) is 73.1 Å². The molecule has 2 aromatic carbocycles. The van der Waals surface area contributed by atoms with Gasteiger partial charge in [-0.15, -0.1) is 0 Å². The van der Waals surface area contributed by atoms with Gasteiger partial charge in [0.2, 0.25) is 5.91 Å². The first-order valence-corrected chi connectivity index (χ1v) is 10.5. The van der Waals surface area contributed by atoms with Crippen molar-refractivity contribution in [3.8, 4) is 0 Å². The molecule has 0 aliphatic carbocycles. The van der Waals surface area contributed by atoms with E-state index >= 15 is 0 Å². The average Bonchev–Trinajstić information content (AvgIpc) is 3.22. The Hall–Kier alpha value is -2.96. The fourth-order valence-corrected chi connectivity index (χ4v) is 3.81. The maximum absolute atomic E-state index is 12.6. The minimum absolute atomic E-state index is 0.132. The summed E-state index contributed by atoms with van der Waals surface area (Å²) in [5.74, 6) is 1.22. The van der Waals surface area contributed by atoms with Gasteiger partial charge in [-0.05, 0) is 17.7 Å². The maximum atomic E-state index is 12.6. The van der Waals surface area contributed by atoms with Crippen LogP contribution in [0.5, 0.6) is 0 Å². The molecule has 1 aliphatic heterocycles. The molecule has 1 amide bonds.